The minimum absolute atomic E-state index is 0.0424. The molecule has 4 nitrogen and oxygen atoms in total. The Balaban J connectivity index is 2.07. The number of nitrogens with one attached hydrogen (secondary N) is 1. The highest BCUT2D eigenvalue weighted by molar-refractivity contribution is 5.80. The molecule has 1 aromatic carbocycles. The summed E-state index contributed by atoms with van der Waals surface area (Å²) in [6.45, 7) is 0.736. The van der Waals surface area contributed by atoms with Crippen LogP contribution in [-0.4, -0.2) is 30.1 Å². The summed E-state index contributed by atoms with van der Waals surface area (Å²) in [6, 6.07) is 1.56. The zero-order chi connectivity index (χ0) is 13.3. The second kappa shape index (κ2) is 4.95. The summed E-state index contributed by atoms with van der Waals surface area (Å²) in [5.41, 5.74) is 5.16. The predicted octanol–water partition coefficient (Wildman–Crippen LogP) is 0.320. The number of nitrogens with zero attached hydrogens (tertiary/aromatic N) is 1. The highest BCUT2D eigenvalue weighted by Crippen LogP contribution is 2.17. The van der Waals surface area contributed by atoms with Gasteiger partial charge in [0, 0.05) is 25.3 Å². The Hall–Kier alpha value is -1.60. The average Bonchev–Trinajstić information content (AvgIpc) is 2.79. The smallest absolute Gasteiger partial charge is 0.235 e. The van der Waals surface area contributed by atoms with Crippen molar-refractivity contribution < 1.29 is 18.0 Å². The molecule has 1 aliphatic heterocycles. The number of primary amides is 1. The summed E-state index contributed by atoms with van der Waals surface area (Å²) in [5, 5.41) is 2.83. The van der Waals surface area contributed by atoms with Crippen molar-refractivity contribution in [2.45, 2.75) is 12.6 Å². The molecule has 3 N–H and O–H groups in total. The van der Waals surface area contributed by atoms with E-state index in [4.69, 9.17) is 5.73 Å². The molecule has 1 aromatic rings. The van der Waals surface area contributed by atoms with Crippen molar-refractivity contribution in [1.82, 2.24) is 10.2 Å². The highest BCUT2D eigenvalue weighted by Gasteiger charge is 2.26. The fraction of sp³-hybridized carbons (Fsp3) is 0.364. The third-order valence-corrected chi connectivity index (χ3v) is 2.85. The van der Waals surface area contributed by atoms with Crippen molar-refractivity contribution in [2.75, 3.05) is 13.2 Å². The van der Waals surface area contributed by atoms with Gasteiger partial charge in [0.25, 0.3) is 0 Å². The highest BCUT2D eigenvalue weighted by atomic mass is 19.2. The minimum atomic E-state index is -1.48. The second-order valence-corrected chi connectivity index (χ2v) is 4.16. The molecule has 1 unspecified atom stereocenters. The van der Waals surface area contributed by atoms with E-state index < -0.39 is 29.4 Å². The molecule has 1 aliphatic rings. The van der Waals surface area contributed by atoms with Gasteiger partial charge in [-0.2, -0.15) is 0 Å². The monoisotopic (exact) mass is 259 g/mol. The zero-order valence-electron chi connectivity index (χ0n) is 9.42. The molecule has 1 amide bonds. The second-order valence-electron chi connectivity index (χ2n) is 4.16. The SMILES string of the molecule is NC(=O)C1CN(Cc2ccc(F)c(F)c2F)CN1. The van der Waals surface area contributed by atoms with Crippen LogP contribution in [0.3, 0.4) is 0 Å². The van der Waals surface area contributed by atoms with Gasteiger partial charge >= 0.3 is 0 Å². The van der Waals surface area contributed by atoms with E-state index >= 15 is 0 Å². The van der Waals surface area contributed by atoms with Gasteiger partial charge in [-0.15, -0.1) is 0 Å². The molecule has 7 heteroatoms. The van der Waals surface area contributed by atoms with E-state index in [9.17, 15) is 18.0 Å². The third kappa shape index (κ3) is 2.46. The van der Waals surface area contributed by atoms with Gasteiger partial charge in [-0.1, -0.05) is 6.07 Å². The maximum Gasteiger partial charge on any atom is 0.235 e. The third-order valence-electron chi connectivity index (χ3n) is 2.85. The molecule has 98 valence electrons. The van der Waals surface area contributed by atoms with Crippen molar-refractivity contribution in [3.8, 4) is 0 Å². The largest absolute Gasteiger partial charge is 0.368 e. The topological polar surface area (TPSA) is 58.4 Å². The predicted molar refractivity (Wildman–Crippen MR) is 57.7 cm³/mol. The molecule has 0 spiro atoms. The number of nitrogens with two attached hydrogens (primary N) is 1. The molecule has 18 heavy (non-hydrogen) atoms. The summed E-state index contributed by atoms with van der Waals surface area (Å²) < 4.78 is 39.2. The van der Waals surface area contributed by atoms with E-state index in [2.05, 4.69) is 5.32 Å². The van der Waals surface area contributed by atoms with Crippen molar-refractivity contribution in [3.63, 3.8) is 0 Å². The van der Waals surface area contributed by atoms with E-state index in [0.29, 0.717) is 13.2 Å². The van der Waals surface area contributed by atoms with Crippen LogP contribution >= 0.6 is 0 Å². The lowest BCUT2D eigenvalue weighted by atomic mass is 10.2. The van der Waals surface area contributed by atoms with Crippen LogP contribution in [0.2, 0.25) is 0 Å². The number of amides is 1. The lowest BCUT2D eigenvalue weighted by molar-refractivity contribution is -0.119. The fourth-order valence-corrected chi connectivity index (χ4v) is 1.87. The molecular weight excluding hydrogens is 247 g/mol. The van der Waals surface area contributed by atoms with Crippen LogP contribution in [0.25, 0.3) is 0 Å². The molecule has 0 aromatic heterocycles. The van der Waals surface area contributed by atoms with E-state index in [1.54, 1.807) is 4.90 Å². The van der Waals surface area contributed by atoms with Gasteiger partial charge in [-0.05, 0) is 6.07 Å². The number of hydrogen-bond acceptors (Lipinski definition) is 3. The summed E-state index contributed by atoms with van der Waals surface area (Å²) in [5.74, 6) is -4.39. The van der Waals surface area contributed by atoms with Gasteiger partial charge in [0.1, 0.15) is 6.04 Å². The van der Waals surface area contributed by atoms with Gasteiger partial charge in [-0.3, -0.25) is 15.0 Å². The van der Waals surface area contributed by atoms with Crippen molar-refractivity contribution >= 4 is 5.91 Å². The van der Waals surface area contributed by atoms with Crippen molar-refractivity contribution in [1.29, 1.82) is 0 Å². The Morgan fingerprint density at radius 3 is 2.72 bits per heavy atom. The van der Waals surface area contributed by atoms with Gasteiger partial charge in [0.2, 0.25) is 5.91 Å². The van der Waals surface area contributed by atoms with Crippen LogP contribution in [-0.2, 0) is 11.3 Å². The fourth-order valence-electron chi connectivity index (χ4n) is 1.87. The Morgan fingerprint density at radius 2 is 2.11 bits per heavy atom. The Morgan fingerprint density at radius 1 is 1.39 bits per heavy atom. The Labute approximate surface area is 102 Å². The number of halogens is 3. The number of hydrogen-bond donors (Lipinski definition) is 2. The maximum atomic E-state index is 13.4. The molecule has 1 atom stereocenters. The van der Waals surface area contributed by atoms with Crippen LogP contribution in [0.4, 0.5) is 13.2 Å². The van der Waals surface area contributed by atoms with Crippen LogP contribution in [0.5, 0.6) is 0 Å². The Kier molecular flexibility index (Phi) is 3.53. The van der Waals surface area contributed by atoms with Crippen LogP contribution in [0, 0.1) is 17.5 Å². The van der Waals surface area contributed by atoms with E-state index in [0.717, 1.165) is 6.07 Å². The molecule has 1 heterocycles. The first-order valence-corrected chi connectivity index (χ1v) is 5.36. The molecular formula is C11H12F3N3O. The van der Waals surface area contributed by atoms with Crippen LogP contribution in [0.15, 0.2) is 12.1 Å². The van der Waals surface area contributed by atoms with E-state index in [1.165, 1.54) is 6.07 Å². The molecule has 0 aliphatic carbocycles. The first kappa shape index (κ1) is 12.8. The molecule has 0 saturated carbocycles. The lowest BCUT2D eigenvalue weighted by Gasteiger charge is -2.14. The standard InChI is InChI=1S/C11H12F3N3O/c12-7-2-1-6(9(13)10(7)14)3-17-4-8(11(15)18)16-5-17/h1-2,8,16H,3-5H2,(H2,15,18). The number of carbonyl (C=O) groups is 1. The van der Waals surface area contributed by atoms with Crippen molar-refractivity contribution in [3.05, 3.63) is 35.1 Å². The van der Waals surface area contributed by atoms with Gasteiger partial charge in [0.15, 0.2) is 17.5 Å². The molecule has 1 saturated heterocycles. The van der Waals surface area contributed by atoms with Gasteiger partial charge in [0.05, 0.1) is 0 Å². The number of rotatable bonds is 3. The first-order valence-electron chi connectivity index (χ1n) is 5.36. The number of carbonyl (C=O) groups excluding carboxylic acids is 1. The lowest BCUT2D eigenvalue weighted by Crippen LogP contribution is -2.38. The van der Waals surface area contributed by atoms with E-state index in [-0.39, 0.29) is 12.1 Å². The average molecular weight is 259 g/mol. The molecule has 0 bridgehead atoms. The summed E-state index contributed by atoms with van der Waals surface area (Å²) in [4.78, 5) is 12.6. The van der Waals surface area contributed by atoms with Crippen molar-refractivity contribution in [2.24, 2.45) is 5.73 Å². The summed E-state index contributed by atoms with van der Waals surface area (Å²) in [6.07, 6.45) is 0. The summed E-state index contributed by atoms with van der Waals surface area (Å²) in [7, 11) is 0. The molecule has 2 rings (SSSR count). The van der Waals surface area contributed by atoms with Crippen LogP contribution in [0.1, 0.15) is 5.56 Å². The summed E-state index contributed by atoms with van der Waals surface area (Å²) >= 11 is 0. The molecule has 0 radical (unpaired) electrons. The zero-order valence-corrected chi connectivity index (χ0v) is 9.42. The van der Waals surface area contributed by atoms with Gasteiger partial charge in [-0.25, -0.2) is 13.2 Å². The van der Waals surface area contributed by atoms with Crippen LogP contribution < -0.4 is 11.1 Å². The van der Waals surface area contributed by atoms with E-state index in [1.807, 2.05) is 0 Å². The normalized spacial score (nSPS) is 20.3. The van der Waals surface area contributed by atoms with Gasteiger partial charge < -0.3 is 5.73 Å². The quantitative estimate of drug-likeness (QED) is 0.769. The Bertz CT molecular complexity index is 481. The first-order chi connectivity index (χ1) is 8.49. The maximum absolute atomic E-state index is 13.4. The number of benzene rings is 1. The minimum Gasteiger partial charge on any atom is -0.368 e. The molecule has 1 fully saturated rings.